The number of aromatic nitrogens is 3. The van der Waals surface area contributed by atoms with Crippen LogP contribution in [-0.2, 0) is 10.5 Å². The third-order valence-electron chi connectivity index (χ3n) is 2.99. The third kappa shape index (κ3) is 3.95. The Morgan fingerprint density at radius 2 is 2.22 bits per heavy atom. The molecule has 0 N–H and O–H groups in total. The fraction of sp³-hybridized carbons (Fsp3) is 0.200. The first-order chi connectivity index (χ1) is 11.1. The lowest BCUT2D eigenvalue weighted by molar-refractivity contribution is -0.115. The summed E-state index contributed by atoms with van der Waals surface area (Å²) in [7, 11) is 0. The van der Waals surface area contributed by atoms with Gasteiger partial charge in [0.25, 0.3) is 0 Å². The van der Waals surface area contributed by atoms with E-state index in [1.165, 1.54) is 22.7 Å². The van der Waals surface area contributed by atoms with E-state index in [0.717, 1.165) is 21.3 Å². The number of thioether (sulfide) groups is 1. The molecule has 0 aliphatic heterocycles. The van der Waals surface area contributed by atoms with E-state index >= 15 is 0 Å². The average Bonchev–Trinajstić information content (AvgIpc) is 3.16. The molecule has 1 amide bonds. The van der Waals surface area contributed by atoms with Gasteiger partial charge in [-0.2, -0.15) is 0 Å². The highest BCUT2D eigenvalue weighted by atomic mass is 32.2. The molecular formula is C15H14N4OS3. The van der Waals surface area contributed by atoms with Gasteiger partial charge in [0, 0.05) is 18.1 Å². The molecule has 0 aliphatic carbocycles. The molecular weight excluding hydrogens is 348 g/mol. The van der Waals surface area contributed by atoms with E-state index < -0.39 is 0 Å². The van der Waals surface area contributed by atoms with E-state index in [0.29, 0.717) is 10.9 Å². The molecule has 2 aromatic heterocycles. The van der Waals surface area contributed by atoms with Crippen LogP contribution in [0.15, 0.2) is 39.5 Å². The second kappa shape index (κ2) is 7.20. The van der Waals surface area contributed by atoms with Crippen molar-refractivity contribution in [1.29, 1.82) is 0 Å². The number of benzene rings is 1. The maximum atomic E-state index is 12.1. The predicted molar refractivity (Wildman–Crippen MR) is 95.6 cm³/mol. The van der Waals surface area contributed by atoms with Crippen LogP contribution in [0.1, 0.15) is 18.2 Å². The SMILES string of the molecule is CC(=O)N(c1cccc(C)c1)c1nc(CSc2nncs2)cs1. The fourth-order valence-electron chi connectivity index (χ4n) is 2.02. The summed E-state index contributed by atoms with van der Waals surface area (Å²) < 4.78 is 0.918. The first kappa shape index (κ1) is 16.1. The Labute approximate surface area is 146 Å². The number of rotatable bonds is 5. The molecule has 0 spiro atoms. The smallest absolute Gasteiger partial charge is 0.230 e. The van der Waals surface area contributed by atoms with Crippen LogP contribution in [-0.4, -0.2) is 21.1 Å². The Bertz CT molecular complexity index is 801. The van der Waals surface area contributed by atoms with Gasteiger partial charge in [-0.15, -0.1) is 21.5 Å². The van der Waals surface area contributed by atoms with Crippen molar-refractivity contribution in [2.24, 2.45) is 0 Å². The Kier molecular flexibility index (Phi) is 5.04. The van der Waals surface area contributed by atoms with Gasteiger partial charge in [0.1, 0.15) is 5.51 Å². The van der Waals surface area contributed by atoms with Crippen LogP contribution >= 0.6 is 34.4 Å². The molecule has 118 valence electrons. The Morgan fingerprint density at radius 3 is 2.91 bits per heavy atom. The van der Waals surface area contributed by atoms with E-state index in [-0.39, 0.29) is 5.91 Å². The van der Waals surface area contributed by atoms with Crippen LogP contribution in [0.25, 0.3) is 0 Å². The van der Waals surface area contributed by atoms with E-state index in [9.17, 15) is 4.79 Å². The zero-order valence-electron chi connectivity index (χ0n) is 12.6. The van der Waals surface area contributed by atoms with Gasteiger partial charge in [-0.25, -0.2) is 4.98 Å². The number of thiazole rings is 1. The normalized spacial score (nSPS) is 10.7. The summed E-state index contributed by atoms with van der Waals surface area (Å²) in [6.45, 7) is 3.56. The molecule has 3 rings (SSSR count). The monoisotopic (exact) mass is 362 g/mol. The van der Waals surface area contributed by atoms with Gasteiger partial charge >= 0.3 is 0 Å². The molecule has 23 heavy (non-hydrogen) atoms. The molecule has 2 heterocycles. The highest BCUT2D eigenvalue weighted by Crippen LogP contribution is 2.31. The Morgan fingerprint density at radius 1 is 1.35 bits per heavy atom. The summed E-state index contributed by atoms with van der Waals surface area (Å²) in [6, 6.07) is 7.86. The van der Waals surface area contributed by atoms with Gasteiger partial charge in [-0.05, 0) is 24.6 Å². The maximum Gasteiger partial charge on any atom is 0.230 e. The van der Waals surface area contributed by atoms with E-state index in [2.05, 4.69) is 15.2 Å². The number of anilines is 2. The van der Waals surface area contributed by atoms with Gasteiger partial charge in [0.15, 0.2) is 9.47 Å². The lowest BCUT2D eigenvalue weighted by Crippen LogP contribution is -2.22. The van der Waals surface area contributed by atoms with Crippen LogP contribution in [0.4, 0.5) is 10.8 Å². The van der Waals surface area contributed by atoms with Crippen molar-refractivity contribution < 1.29 is 4.79 Å². The number of nitrogens with zero attached hydrogens (tertiary/aromatic N) is 4. The van der Waals surface area contributed by atoms with Crippen LogP contribution in [0.2, 0.25) is 0 Å². The molecule has 0 fully saturated rings. The molecule has 0 atom stereocenters. The summed E-state index contributed by atoms with van der Waals surface area (Å²) in [5.41, 5.74) is 4.60. The minimum Gasteiger partial charge on any atom is -0.274 e. The van der Waals surface area contributed by atoms with Gasteiger partial charge in [0.2, 0.25) is 5.91 Å². The first-order valence-corrected chi connectivity index (χ1v) is 9.58. The summed E-state index contributed by atoms with van der Waals surface area (Å²) in [5.74, 6) is 0.666. The highest BCUT2D eigenvalue weighted by molar-refractivity contribution is 8.00. The molecule has 0 radical (unpaired) electrons. The molecule has 0 unspecified atom stereocenters. The van der Waals surface area contributed by atoms with Gasteiger partial charge in [0.05, 0.1) is 11.4 Å². The van der Waals surface area contributed by atoms with Crippen molar-refractivity contribution in [2.75, 3.05) is 4.90 Å². The lowest BCUT2D eigenvalue weighted by atomic mass is 10.2. The number of amides is 1. The van der Waals surface area contributed by atoms with Crippen LogP contribution < -0.4 is 4.90 Å². The van der Waals surface area contributed by atoms with Crippen molar-refractivity contribution in [2.45, 2.75) is 23.9 Å². The molecule has 0 bridgehead atoms. The minimum absolute atomic E-state index is 0.0479. The molecule has 5 nitrogen and oxygen atoms in total. The second-order valence-corrected chi connectivity index (χ2v) is 7.70. The molecule has 0 saturated carbocycles. The van der Waals surface area contributed by atoms with Gasteiger partial charge in [-0.1, -0.05) is 35.2 Å². The summed E-state index contributed by atoms with van der Waals surface area (Å²) in [5, 5.41) is 10.5. The van der Waals surface area contributed by atoms with Crippen molar-refractivity contribution in [1.82, 2.24) is 15.2 Å². The van der Waals surface area contributed by atoms with Crippen LogP contribution in [0.3, 0.4) is 0 Å². The largest absolute Gasteiger partial charge is 0.274 e. The molecule has 0 saturated heterocycles. The number of aryl methyl sites for hydroxylation is 1. The maximum absolute atomic E-state index is 12.1. The van der Waals surface area contributed by atoms with E-state index in [1.807, 2.05) is 36.6 Å². The van der Waals surface area contributed by atoms with Crippen LogP contribution in [0, 0.1) is 6.92 Å². The van der Waals surface area contributed by atoms with Gasteiger partial charge < -0.3 is 0 Å². The summed E-state index contributed by atoms with van der Waals surface area (Å²) in [4.78, 5) is 18.3. The first-order valence-electron chi connectivity index (χ1n) is 6.84. The number of hydrogen-bond donors (Lipinski definition) is 0. The van der Waals surface area contributed by atoms with Crippen molar-refractivity contribution in [3.63, 3.8) is 0 Å². The standard InChI is InChI=1S/C15H14N4OS3/c1-10-4-3-5-13(6-10)19(11(2)20)14-17-12(7-21-14)8-22-15-18-16-9-23-15/h3-7,9H,8H2,1-2H3. The Hall–Kier alpha value is -1.77. The van der Waals surface area contributed by atoms with E-state index in [4.69, 9.17) is 0 Å². The molecule has 1 aromatic carbocycles. The third-order valence-corrected chi connectivity index (χ3v) is 5.76. The topological polar surface area (TPSA) is 59.0 Å². The van der Waals surface area contributed by atoms with Crippen LogP contribution in [0.5, 0.6) is 0 Å². The zero-order chi connectivity index (χ0) is 16.2. The van der Waals surface area contributed by atoms with Gasteiger partial charge in [-0.3, -0.25) is 9.69 Å². The second-order valence-electron chi connectivity index (χ2n) is 4.81. The molecule has 0 aliphatic rings. The van der Waals surface area contributed by atoms with E-state index in [1.54, 1.807) is 29.1 Å². The quantitative estimate of drug-likeness (QED) is 0.634. The zero-order valence-corrected chi connectivity index (χ0v) is 15.0. The fourth-order valence-corrected chi connectivity index (χ4v) is 4.39. The molecule has 3 aromatic rings. The number of carbonyl (C=O) groups excluding carboxylic acids is 1. The number of hydrogen-bond acceptors (Lipinski definition) is 7. The van der Waals surface area contributed by atoms with Crippen molar-refractivity contribution >= 4 is 51.2 Å². The minimum atomic E-state index is -0.0479. The predicted octanol–water partition coefficient (Wildman–Crippen LogP) is 4.28. The summed E-state index contributed by atoms with van der Waals surface area (Å²) in [6.07, 6.45) is 0. The average molecular weight is 363 g/mol. The highest BCUT2D eigenvalue weighted by Gasteiger charge is 2.18. The van der Waals surface area contributed by atoms with Crippen molar-refractivity contribution in [3.05, 3.63) is 46.4 Å². The van der Waals surface area contributed by atoms with Crippen molar-refractivity contribution in [3.8, 4) is 0 Å². The molecule has 8 heteroatoms. The number of carbonyl (C=O) groups is 1. The summed E-state index contributed by atoms with van der Waals surface area (Å²) >= 11 is 4.58. The Balaban J connectivity index is 1.79. The lowest BCUT2D eigenvalue weighted by Gasteiger charge is -2.18.